The van der Waals surface area contributed by atoms with Crippen LogP contribution in [0.15, 0.2) is 23.1 Å². The highest BCUT2D eigenvalue weighted by Gasteiger charge is 2.49. The lowest BCUT2D eigenvalue weighted by Gasteiger charge is -2.20. The third-order valence-corrected chi connectivity index (χ3v) is 7.23. The average Bonchev–Trinajstić information content (AvgIpc) is 3.29. The number of carboxylic acids is 1. The largest absolute Gasteiger partial charge is 0.481 e. The molecule has 2 aliphatic heterocycles. The Kier molecular flexibility index (Phi) is 3.46. The molecule has 1 aliphatic carbocycles. The van der Waals surface area contributed by atoms with Gasteiger partial charge in [-0.05, 0) is 44.4 Å². The number of fused-ring (bicyclic) bond motifs is 1. The van der Waals surface area contributed by atoms with Gasteiger partial charge in [0.25, 0.3) is 21.8 Å². The van der Waals surface area contributed by atoms with Crippen molar-refractivity contribution in [3.05, 3.63) is 29.3 Å². The zero-order valence-corrected chi connectivity index (χ0v) is 15.0. The maximum Gasteiger partial charge on any atom is 0.311 e. The molecule has 2 amide bonds. The molecule has 26 heavy (non-hydrogen) atoms. The Hall–Kier alpha value is -2.42. The van der Waals surface area contributed by atoms with E-state index in [1.807, 2.05) is 0 Å². The number of carbonyl (C=O) groups excluding carboxylic acids is 2. The first-order chi connectivity index (χ1) is 12.1. The van der Waals surface area contributed by atoms with Gasteiger partial charge in [-0.3, -0.25) is 14.4 Å². The van der Waals surface area contributed by atoms with Crippen molar-refractivity contribution in [3.8, 4) is 0 Å². The fraction of sp³-hybridized carbons (Fsp3) is 0.471. The van der Waals surface area contributed by atoms with Gasteiger partial charge in [0.2, 0.25) is 0 Å². The molecule has 0 spiro atoms. The summed E-state index contributed by atoms with van der Waals surface area (Å²) in [5, 5.41) is 9.29. The predicted octanol–water partition coefficient (Wildman–Crippen LogP) is 0.930. The fourth-order valence-electron chi connectivity index (χ4n) is 3.54. The Morgan fingerprint density at radius 3 is 2.54 bits per heavy atom. The highest BCUT2D eigenvalue weighted by atomic mass is 32.2. The minimum atomic E-state index is -3.93. The highest BCUT2D eigenvalue weighted by molar-refractivity contribution is 7.90. The number of amides is 2. The summed E-state index contributed by atoms with van der Waals surface area (Å²) in [6.45, 7) is 1.94. The van der Waals surface area contributed by atoms with Crippen molar-refractivity contribution in [2.24, 2.45) is 5.41 Å². The lowest BCUT2D eigenvalue weighted by atomic mass is 9.90. The average molecular weight is 378 g/mol. The molecule has 0 bridgehead atoms. The second-order valence-corrected chi connectivity index (χ2v) is 9.17. The molecule has 1 atom stereocenters. The van der Waals surface area contributed by atoms with E-state index in [-0.39, 0.29) is 28.6 Å². The van der Waals surface area contributed by atoms with Gasteiger partial charge in [0.1, 0.15) is 4.90 Å². The smallest absolute Gasteiger partial charge is 0.311 e. The van der Waals surface area contributed by atoms with Crippen LogP contribution in [-0.4, -0.2) is 59.6 Å². The van der Waals surface area contributed by atoms with Crippen LogP contribution in [0.4, 0.5) is 0 Å². The van der Waals surface area contributed by atoms with Crippen LogP contribution < -0.4 is 0 Å². The van der Waals surface area contributed by atoms with Crippen LogP contribution in [-0.2, 0) is 14.8 Å². The number of nitrogens with zero attached hydrogens (tertiary/aromatic N) is 2. The second kappa shape index (κ2) is 5.29. The standard InChI is InChI=1S/C17H18N2O6S/c1-17(16(22)23)6-7-18(9-17)14(20)10-2-5-12-13(8-10)26(24,25)19(15(12)21)11-3-4-11/h2,5,8,11H,3-4,6-7,9H2,1H3,(H,22,23)/t17-/m1/s1. The molecule has 0 aromatic heterocycles. The van der Waals surface area contributed by atoms with Gasteiger partial charge >= 0.3 is 5.97 Å². The molecular formula is C17H18N2O6S. The van der Waals surface area contributed by atoms with Gasteiger partial charge < -0.3 is 10.0 Å². The highest BCUT2D eigenvalue weighted by Crippen LogP contribution is 2.40. The Labute approximate surface area is 150 Å². The van der Waals surface area contributed by atoms with Crippen LogP contribution in [0.25, 0.3) is 0 Å². The van der Waals surface area contributed by atoms with Crippen molar-refractivity contribution in [3.63, 3.8) is 0 Å². The van der Waals surface area contributed by atoms with Crippen LogP contribution in [0.3, 0.4) is 0 Å². The third kappa shape index (κ3) is 2.33. The zero-order valence-electron chi connectivity index (χ0n) is 14.1. The second-order valence-electron chi connectivity index (χ2n) is 7.39. The molecule has 2 fully saturated rings. The van der Waals surface area contributed by atoms with E-state index in [0.29, 0.717) is 25.8 Å². The quantitative estimate of drug-likeness (QED) is 0.837. The van der Waals surface area contributed by atoms with Crippen LogP contribution in [0.5, 0.6) is 0 Å². The van der Waals surface area contributed by atoms with Crippen molar-refractivity contribution in [2.75, 3.05) is 13.1 Å². The molecular weight excluding hydrogens is 360 g/mol. The molecule has 2 heterocycles. The van der Waals surface area contributed by atoms with Gasteiger partial charge in [0.15, 0.2) is 0 Å². The number of likely N-dealkylation sites (tertiary alicyclic amines) is 1. The summed E-state index contributed by atoms with van der Waals surface area (Å²) in [7, 11) is -3.93. The molecule has 8 nitrogen and oxygen atoms in total. The summed E-state index contributed by atoms with van der Waals surface area (Å²) in [5.41, 5.74) is -0.769. The van der Waals surface area contributed by atoms with E-state index in [1.165, 1.54) is 23.1 Å². The Morgan fingerprint density at radius 1 is 1.27 bits per heavy atom. The number of aliphatic carboxylic acids is 1. The fourth-order valence-corrected chi connectivity index (χ4v) is 5.38. The molecule has 138 valence electrons. The number of hydrogen-bond acceptors (Lipinski definition) is 5. The van der Waals surface area contributed by atoms with E-state index in [9.17, 15) is 27.9 Å². The van der Waals surface area contributed by atoms with Gasteiger partial charge in [-0.2, -0.15) is 0 Å². The van der Waals surface area contributed by atoms with E-state index in [4.69, 9.17) is 0 Å². The molecule has 0 unspecified atom stereocenters. The molecule has 9 heteroatoms. The SMILES string of the molecule is C[C@@]1(C(=O)O)CCN(C(=O)c2ccc3c(c2)S(=O)(=O)N(C2CC2)C3=O)C1. The van der Waals surface area contributed by atoms with Crippen molar-refractivity contribution in [1.29, 1.82) is 0 Å². The predicted molar refractivity (Wildman–Crippen MR) is 89.1 cm³/mol. The normalized spacial score (nSPS) is 26.9. The summed E-state index contributed by atoms with van der Waals surface area (Å²) < 4.78 is 26.3. The molecule has 1 saturated heterocycles. The maximum atomic E-state index is 12.7. The molecule has 4 rings (SSSR count). The molecule has 0 radical (unpaired) electrons. The number of rotatable bonds is 3. The minimum Gasteiger partial charge on any atom is -0.481 e. The summed E-state index contributed by atoms with van der Waals surface area (Å²) in [6.07, 6.45) is 1.66. The van der Waals surface area contributed by atoms with Crippen molar-refractivity contribution in [1.82, 2.24) is 9.21 Å². The minimum absolute atomic E-state index is 0.0676. The van der Waals surface area contributed by atoms with E-state index in [1.54, 1.807) is 6.92 Å². The van der Waals surface area contributed by atoms with Gasteiger partial charge in [-0.1, -0.05) is 0 Å². The van der Waals surface area contributed by atoms with Gasteiger partial charge in [0.05, 0.1) is 11.0 Å². The first kappa shape index (κ1) is 17.0. The van der Waals surface area contributed by atoms with Gasteiger partial charge in [0, 0.05) is 24.7 Å². The van der Waals surface area contributed by atoms with Gasteiger partial charge in [-0.25, -0.2) is 12.7 Å². The first-order valence-electron chi connectivity index (χ1n) is 8.41. The Morgan fingerprint density at radius 2 is 1.96 bits per heavy atom. The number of carboxylic acid groups (broad SMARTS) is 1. The first-order valence-corrected chi connectivity index (χ1v) is 9.85. The van der Waals surface area contributed by atoms with E-state index >= 15 is 0 Å². The van der Waals surface area contributed by atoms with Crippen LogP contribution in [0.2, 0.25) is 0 Å². The van der Waals surface area contributed by atoms with Crippen LogP contribution in [0.1, 0.15) is 46.9 Å². The van der Waals surface area contributed by atoms with E-state index in [0.717, 1.165) is 4.31 Å². The Bertz CT molecular complexity index is 952. The van der Waals surface area contributed by atoms with Crippen molar-refractivity contribution < 1.29 is 27.9 Å². The Balaban J connectivity index is 1.65. The van der Waals surface area contributed by atoms with Crippen molar-refractivity contribution in [2.45, 2.75) is 37.1 Å². The lowest BCUT2D eigenvalue weighted by Crippen LogP contribution is -2.35. The summed E-state index contributed by atoms with van der Waals surface area (Å²) in [6, 6.07) is 3.76. The molecule has 1 N–H and O–H groups in total. The monoisotopic (exact) mass is 378 g/mol. The van der Waals surface area contributed by atoms with Gasteiger partial charge in [-0.15, -0.1) is 0 Å². The zero-order chi connectivity index (χ0) is 18.9. The maximum absolute atomic E-state index is 12.7. The molecule has 3 aliphatic rings. The molecule has 1 aromatic rings. The number of sulfonamides is 1. The molecule has 1 saturated carbocycles. The van der Waals surface area contributed by atoms with Crippen molar-refractivity contribution >= 4 is 27.8 Å². The number of benzene rings is 1. The number of hydrogen-bond donors (Lipinski definition) is 1. The summed E-state index contributed by atoms with van der Waals surface area (Å²) >= 11 is 0. The van der Waals surface area contributed by atoms with Crippen LogP contribution >= 0.6 is 0 Å². The van der Waals surface area contributed by atoms with Crippen LogP contribution in [0, 0.1) is 5.41 Å². The molecule has 1 aromatic carbocycles. The summed E-state index contributed by atoms with van der Waals surface area (Å²) in [4.78, 5) is 37.7. The lowest BCUT2D eigenvalue weighted by molar-refractivity contribution is -0.147. The topological polar surface area (TPSA) is 112 Å². The number of carbonyl (C=O) groups is 3. The van der Waals surface area contributed by atoms with E-state index < -0.39 is 33.2 Å². The third-order valence-electron chi connectivity index (χ3n) is 5.35. The summed E-state index contributed by atoms with van der Waals surface area (Å²) in [5.74, 6) is -1.93. The van der Waals surface area contributed by atoms with E-state index in [2.05, 4.69) is 0 Å².